The number of amides is 3. The minimum absolute atomic E-state index is 0.130. The molecule has 3 amide bonds. The predicted molar refractivity (Wildman–Crippen MR) is 99.0 cm³/mol. The number of ether oxygens (including phenoxy) is 2. The van der Waals surface area contributed by atoms with Crippen molar-refractivity contribution in [2.75, 3.05) is 43.6 Å². The third-order valence-corrected chi connectivity index (χ3v) is 3.92. The van der Waals surface area contributed by atoms with Crippen LogP contribution in [-0.4, -0.2) is 45.4 Å². The van der Waals surface area contributed by atoms with Gasteiger partial charge in [0.15, 0.2) is 0 Å². The molecule has 2 aromatic rings. The number of rotatable bonds is 7. The molecule has 7 heteroatoms. The Morgan fingerprint density at radius 2 is 2.04 bits per heavy atom. The Balaban J connectivity index is 1.68. The van der Waals surface area contributed by atoms with Crippen molar-refractivity contribution >= 4 is 23.3 Å². The van der Waals surface area contributed by atoms with Crippen LogP contribution in [0.3, 0.4) is 0 Å². The average molecular weight is 355 g/mol. The third-order valence-electron chi connectivity index (χ3n) is 3.92. The van der Waals surface area contributed by atoms with Gasteiger partial charge < -0.3 is 20.1 Å². The Hall–Kier alpha value is -3.06. The van der Waals surface area contributed by atoms with Gasteiger partial charge in [-0.3, -0.25) is 9.69 Å². The summed E-state index contributed by atoms with van der Waals surface area (Å²) in [7, 11) is 1.60. The van der Waals surface area contributed by atoms with Crippen LogP contribution in [0.15, 0.2) is 48.5 Å². The lowest BCUT2D eigenvalue weighted by atomic mass is 10.2. The molecule has 1 aliphatic rings. The molecule has 26 heavy (non-hydrogen) atoms. The summed E-state index contributed by atoms with van der Waals surface area (Å²) >= 11 is 0. The predicted octanol–water partition coefficient (Wildman–Crippen LogP) is 2.49. The van der Waals surface area contributed by atoms with Crippen LogP contribution >= 0.6 is 0 Å². The Kier molecular flexibility index (Phi) is 5.70. The molecule has 136 valence electrons. The summed E-state index contributed by atoms with van der Waals surface area (Å²) in [6.07, 6.45) is 0. The average Bonchev–Trinajstić information content (AvgIpc) is 3.08. The molecule has 2 N–H and O–H groups in total. The van der Waals surface area contributed by atoms with Crippen molar-refractivity contribution in [1.29, 1.82) is 0 Å². The van der Waals surface area contributed by atoms with Gasteiger partial charge in [-0.2, -0.15) is 0 Å². The van der Waals surface area contributed by atoms with Crippen molar-refractivity contribution in [3.63, 3.8) is 0 Å². The number of nitrogens with zero attached hydrogens (tertiary/aromatic N) is 1. The quantitative estimate of drug-likeness (QED) is 0.748. The molecule has 3 rings (SSSR count). The van der Waals surface area contributed by atoms with Crippen molar-refractivity contribution < 1.29 is 19.1 Å². The molecule has 0 aromatic heterocycles. The van der Waals surface area contributed by atoms with E-state index in [-0.39, 0.29) is 11.9 Å². The number of anilines is 2. The lowest BCUT2D eigenvalue weighted by Crippen LogP contribution is -2.27. The Morgan fingerprint density at radius 1 is 1.19 bits per heavy atom. The number of nitrogens with one attached hydrogen (secondary N) is 2. The zero-order valence-corrected chi connectivity index (χ0v) is 14.5. The molecule has 0 radical (unpaired) electrons. The molecule has 0 spiro atoms. The maximum absolute atomic E-state index is 12.5. The van der Waals surface area contributed by atoms with E-state index in [1.807, 2.05) is 6.07 Å². The van der Waals surface area contributed by atoms with Crippen LogP contribution < -0.4 is 20.3 Å². The molecule has 0 saturated carbocycles. The summed E-state index contributed by atoms with van der Waals surface area (Å²) in [5, 5.41) is 5.61. The second-order valence-corrected chi connectivity index (χ2v) is 5.76. The Labute approximate surface area is 151 Å². The van der Waals surface area contributed by atoms with Gasteiger partial charge in [-0.25, -0.2) is 4.79 Å². The molecular formula is C19H21N3O4. The summed E-state index contributed by atoms with van der Waals surface area (Å²) in [5.41, 5.74) is 1.86. The summed E-state index contributed by atoms with van der Waals surface area (Å²) in [5.74, 6) is 0.363. The number of benzene rings is 2. The molecule has 0 atom stereocenters. The maximum atomic E-state index is 12.5. The van der Waals surface area contributed by atoms with Crippen LogP contribution in [0.4, 0.5) is 16.2 Å². The first-order chi connectivity index (χ1) is 12.7. The summed E-state index contributed by atoms with van der Waals surface area (Å²) in [6.45, 7) is 2.12. The number of carbonyl (C=O) groups excluding carboxylic acids is 2. The SMILES string of the molecule is COCCOc1cccc(C(=O)Nc2cccc(N3CCNC3=O)c2)c1. The van der Waals surface area contributed by atoms with Gasteiger partial charge in [-0.15, -0.1) is 0 Å². The topological polar surface area (TPSA) is 79.9 Å². The fourth-order valence-corrected chi connectivity index (χ4v) is 2.64. The zero-order valence-electron chi connectivity index (χ0n) is 14.5. The second kappa shape index (κ2) is 8.35. The number of carbonyl (C=O) groups is 2. The van der Waals surface area contributed by atoms with Crippen LogP contribution in [0.2, 0.25) is 0 Å². The van der Waals surface area contributed by atoms with Crippen LogP contribution in [0.1, 0.15) is 10.4 Å². The van der Waals surface area contributed by atoms with Gasteiger partial charge in [0.1, 0.15) is 12.4 Å². The van der Waals surface area contributed by atoms with Gasteiger partial charge in [-0.05, 0) is 36.4 Å². The lowest BCUT2D eigenvalue weighted by Gasteiger charge is -2.15. The first kappa shape index (κ1) is 17.8. The maximum Gasteiger partial charge on any atom is 0.321 e. The highest BCUT2D eigenvalue weighted by molar-refractivity contribution is 6.05. The van der Waals surface area contributed by atoms with Crippen molar-refractivity contribution in [2.24, 2.45) is 0 Å². The molecule has 7 nitrogen and oxygen atoms in total. The molecular weight excluding hydrogens is 334 g/mol. The molecule has 1 saturated heterocycles. The van der Waals surface area contributed by atoms with Gasteiger partial charge >= 0.3 is 6.03 Å². The van der Waals surface area contributed by atoms with E-state index in [1.54, 1.807) is 54.5 Å². The fourth-order valence-electron chi connectivity index (χ4n) is 2.64. The number of hydrogen-bond acceptors (Lipinski definition) is 4. The van der Waals surface area contributed by atoms with E-state index in [0.717, 1.165) is 5.69 Å². The third kappa shape index (κ3) is 4.31. The van der Waals surface area contributed by atoms with Gasteiger partial charge in [0.05, 0.1) is 6.61 Å². The van der Waals surface area contributed by atoms with Crippen molar-refractivity contribution in [1.82, 2.24) is 5.32 Å². The lowest BCUT2D eigenvalue weighted by molar-refractivity contribution is 0.102. The van der Waals surface area contributed by atoms with Crippen molar-refractivity contribution in [2.45, 2.75) is 0 Å². The monoisotopic (exact) mass is 355 g/mol. The number of urea groups is 1. The van der Waals surface area contributed by atoms with E-state index in [4.69, 9.17) is 9.47 Å². The van der Waals surface area contributed by atoms with Gasteiger partial charge in [0.25, 0.3) is 5.91 Å². The first-order valence-electron chi connectivity index (χ1n) is 8.36. The minimum Gasteiger partial charge on any atom is -0.491 e. The van der Waals surface area contributed by atoms with E-state index in [9.17, 15) is 9.59 Å². The van der Waals surface area contributed by atoms with Crippen LogP contribution in [-0.2, 0) is 4.74 Å². The highest BCUT2D eigenvalue weighted by Gasteiger charge is 2.21. The van der Waals surface area contributed by atoms with Crippen molar-refractivity contribution in [3.05, 3.63) is 54.1 Å². The van der Waals surface area contributed by atoms with Gasteiger partial charge in [0, 0.05) is 37.1 Å². The van der Waals surface area contributed by atoms with E-state index in [0.29, 0.717) is 43.3 Å². The minimum atomic E-state index is -0.245. The molecule has 1 aliphatic heterocycles. The summed E-state index contributed by atoms with van der Waals surface area (Å²) in [4.78, 5) is 25.9. The number of methoxy groups -OCH3 is 1. The zero-order chi connectivity index (χ0) is 18.4. The second-order valence-electron chi connectivity index (χ2n) is 5.76. The number of hydrogen-bond donors (Lipinski definition) is 2. The van der Waals surface area contributed by atoms with Crippen LogP contribution in [0.5, 0.6) is 5.75 Å². The van der Waals surface area contributed by atoms with Crippen LogP contribution in [0, 0.1) is 0 Å². The van der Waals surface area contributed by atoms with E-state index >= 15 is 0 Å². The molecule has 1 fully saturated rings. The summed E-state index contributed by atoms with van der Waals surface area (Å²) in [6, 6.07) is 14.0. The smallest absolute Gasteiger partial charge is 0.321 e. The van der Waals surface area contributed by atoms with Crippen molar-refractivity contribution in [3.8, 4) is 5.75 Å². The Bertz CT molecular complexity index is 794. The molecule has 0 unspecified atom stereocenters. The van der Waals surface area contributed by atoms with E-state index < -0.39 is 0 Å². The molecule has 2 aromatic carbocycles. The highest BCUT2D eigenvalue weighted by atomic mass is 16.5. The van der Waals surface area contributed by atoms with Crippen LogP contribution in [0.25, 0.3) is 0 Å². The largest absolute Gasteiger partial charge is 0.491 e. The Morgan fingerprint density at radius 3 is 2.81 bits per heavy atom. The van der Waals surface area contributed by atoms with E-state index in [1.165, 1.54) is 0 Å². The van der Waals surface area contributed by atoms with E-state index in [2.05, 4.69) is 10.6 Å². The first-order valence-corrected chi connectivity index (χ1v) is 8.36. The molecule has 1 heterocycles. The molecule has 0 bridgehead atoms. The van der Waals surface area contributed by atoms with Gasteiger partial charge in [0.2, 0.25) is 0 Å². The van der Waals surface area contributed by atoms with Gasteiger partial charge in [-0.1, -0.05) is 12.1 Å². The normalized spacial score (nSPS) is 13.4. The standard InChI is InChI=1S/C19H21N3O4/c1-25-10-11-26-17-7-2-4-14(12-17)18(23)21-15-5-3-6-16(13-15)22-9-8-20-19(22)24/h2-7,12-13H,8-11H2,1H3,(H,20,24)(H,21,23). The highest BCUT2D eigenvalue weighted by Crippen LogP contribution is 2.22. The molecule has 0 aliphatic carbocycles. The fraction of sp³-hybridized carbons (Fsp3) is 0.263. The summed E-state index contributed by atoms with van der Waals surface area (Å²) < 4.78 is 10.5.